The first kappa shape index (κ1) is 18.6. The van der Waals surface area contributed by atoms with Crippen molar-refractivity contribution in [3.63, 3.8) is 0 Å². The molecule has 3 aromatic rings. The van der Waals surface area contributed by atoms with E-state index in [1.807, 2.05) is 47.8 Å². The summed E-state index contributed by atoms with van der Waals surface area (Å²) in [6.07, 6.45) is 2.80. The lowest BCUT2D eigenvalue weighted by Gasteiger charge is -2.06. The van der Waals surface area contributed by atoms with Crippen molar-refractivity contribution in [2.75, 3.05) is 12.0 Å². The summed E-state index contributed by atoms with van der Waals surface area (Å²) in [6.45, 7) is 3.44. The van der Waals surface area contributed by atoms with Gasteiger partial charge >= 0.3 is 0 Å². The van der Waals surface area contributed by atoms with Crippen molar-refractivity contribution in [2.24, 2.45) is 5.10 Å². The Morgan fingerprint density at radius 3 is 2.85 bits per heavy atom. The minimum Gasteiger partial charge on any atom is -0.377 e. The molecule has 0 radical (unpaired) electrons. The van der Waals surface area contributed by atoms with Gasteiger partial charge in [-0.05, 0) is 18.1 Å². The van der Waals surface area contributed by atoms with Gasteiger partial charge in [-0.3, -0.25) is 5.43 Å². The van der Waals surface area contributed by atoms with Gasteiger partial charge in [0.2, 0.25) is 5.13 Å². The molecule has 0 aliphatic carbocycles. The van der Waals surface area contributed by atoms with Crippen LogP contribution in [0.4, 0.5) is 5.13 Å². The first-order chi connectivity index (χ1) is 12.8. The summed E-state index contributed by atoms with van der Waals surface area (Å²) in [5.41, 5.74) is 6.89. The van der Waals surface area contributed by atoms with E-state index >= 15 is 0 Å². The molecule has 0 spiro atoms. The molecule has 2 aromatic carbocycles. The fourth-order valence-electron chi connectivity index (χ4n) is 2.39. The van der Waals surface area contributed by atoms with Gasteiger partial charge in [0, 0.05) is 28.1 Å². The SMILES string of the molecule is CCCOCc1ccccc1/C=N/Nc1nc(-c2ccccc2Cl)cs1. The predicted octanol–water partition coefficient (Wildman–Crippen LogP) is 5.84. The zero-order chi connectivity index (χ0) is 18.2. The third-order valence-corrected chi connectivity index (χ3v) is 4.76. The van der Waals surface area contributed by atoms with Crippen LogP contribution in [-0.2, 0) is 11.3 Å². The number of thiazole rings is 1. The van der Waals surface area contributed by atoms with Crippen molar-refractivity contribution in [3.8, 4) is 11.3 Å². The molecule has 0 atom stereocenters. The molecule has 1 aromatic heterocycles. The minimum absolute atomic E-state index is 0.587. The summed E-state index contributed by atoms with van der Waals surface area (Å²) in [5.74, 6) is 0. The molecule has 3 rings (SSSR count). The fourth-order valence-corrected chi connectivity index (χ4v) is 3.28. The molecule has 0 amide bonds. The lowest BCUT2D eigenvalue weighted by atomic mass is 10.1. The van der Waals surface area contributed by atoms with Gasteiger partial charge < -0.3 is 4.74 Å². The van der Waals surface area contributed by atoms with Crippen LogP contribution in [0.3, 0.4) is 0 Å². The third kappa shape index (κ3) is 4.91. The van der Waals surface area contributed by atoms with E-state index in [4.69, 9.17) is 16.3 Å². The van der Waals surface area contributed by atoms with Crippen LogP contribution < -0.4 is 5.43 Å². The molecule has 4 nitrogen and oxygen atoms in total. The predicted molar refractivity (Wildman–Crippen MR) is 110 cm³/mol. The van der Waals surface area contributed by atoms with Gasteiger partial charge in [0.25, 0.3) is 0 Å². The van der Waals surface area contributed by atoms with Gasteiger partial charge in [-0.1, -0.05) is 61.0 Å². The number of aromatic nitrogens is 1. The van der Waals surface area contributed by atoms with Crippen molar-refractivity contribution < 1.29 is 4.74 Å². The smallest absolute Gasteiger partial charge is 0.203 e. The third-order valence-electron chi connectivity index (χ3n) is 3.68. The highest BCUT2D eigenvalue weighted by Gasteiger charge is 2.07. The highest BCUT2D eigenvalue weighted by molar-refractivity contribution is 7.14. The Morgan fingerprint density at radius 1 is 1.19 bits per heavy atom. The Bertz CT molecular complexity index is 879. The van der Waals surface area contributed by atoms with Crippen LogP contribution >= 0.6 is 22.9 Å². The van der Waals surface area contributed by atoms with E-state index in [0.29, 0.717) is 11.6 Å². The van der Waals surface area contributed by atoms with Crippen molar-refractivity contribution in [1.29, 1.82) is 0 Å². The van der Waals surface area contributed by atoms with Crippen molar-refractivity contribution >= 4 is 34.3 Å². The summed E-state index contributed by atoms with van der Waals surface area (Å²) in [5, 5.41) is 7.69. The number of hydrazone groups is 1. The first-order valence-corrected chi connectivity index (χ1v) is 9.69. The number of rotatable bonds is 8. The second-order valence-electron chi connectivity index (χ2n) is 5.64. The van der Waals surface area contributed by atoms with E-state index in [2.05, 4.69) is 28.5 Å². The van der Waals surface area contributed by atoms with E-state index in [1.54, 1.807) is 6.21 Å². The van der Waals surface area contributed by atoms with Gasteiger partial charge in [-0.15, -0.1) is 11.3 Å². The Hall–Kier alpha value is -2.21. The number of hydrogen-bond donors (Lipinski definition) is 1. The number of nitrogens with one attached hydrogen (secondary N) is 1. The van der Waals surface area contributed by atoms with E-state index in [-0.39, 0.29) is 0 Å². The topological polar surface area (TPSA) is 46.5 Å². The normalized spacial score (nSPS) is 11.2. The molecule has 26 heavy (non-hydrogen) atoms. The Balaban J connectivity index is 1.66. The maximum absolute atomic E-state index is 6.22. The summed E-state index contributed by atoms with van der Waals surface area (Å²) in [6, 6.07) is 15.7. The van der Waals surface area contributed by atoms with E-state index < -0.39 is 0 Å². The number of halogens is 1. The Morgan fingerprint density at radius 2 is 2.00 bits per heavy atom. The van der Waals surface area contributed by atoms with Crippen LogP contribution in [0.5, 0.6) is 0 Å². The molecule has 1 heterocycles. The molecular weight excluding hydrogens is 366 g/mol. The minimum atomic E-state index is 0.587. The highest BCUT2D eigenvalue weighted by Crippen LogP contribution is 2.30. The van der Waals surface area contributed by atoms with E-state index in [1.165, 1.54) is 11.3 Å². The Kier molecular flexibility index (Phi) is 6.77. The molecule has 0 unspecified atom stereocenters. The van der Waals surface area contributed by atoms with Crippen LogP contribution in [0.1, 0.15) is 24.5 Å². The molecule has 0 aliphatic rings. The van der Waals surface area contributed by atoms with Crippen LogP contribution in [0.2, 0.25) is 5.02 Å². The molecule has 0 saturated carbocycles. The van der Waals surface area contributed by atoms with Gasteiger partial charge in [0.05, 0.1) is 18.5 Å². The molecule has 6 heteroatoms. The monoisotopic (exact) mass is 385 g/mol. The maximum Gasteiger partial charge on any atom is 0.203 e. The average molecular weight is 386 g/mol. The summed E-state index contributed by atoms with van der Waals surface area (Å²) < 4.78 is 5.63. The van der Waals surface area contributed by atoms with Crippen molar-refractivity contribution in [1.82, 2.24) is 4.98 Å². The van der Waals surface area contributed by atoms with E-state index in [9.17, 15) is 0 Å². The summed E-state index contributed by atoms with van der Waals surface area (Å²) in [4.78, 5) is 4.54. The molecule has 134 valence electrons. The molecular formula is C20H20ClN3OS. The van der Waals surface area contributed by atoms with Crippen molar-refractivity contribution in [2.45, 2.75) is 20.0 Å². The molecule has 1 N–H and O–H groups in total. The van der Waals surface area contributed by atoms with Crippen LogP contribution in [0.15, 0.2) is 59.0 Å². The average Bonchev–Trinajstić information content (AvgIpc) is 3.12. The van der Waals surface area contributed by atoms with Gasteiger partial charge in [-0.25, -0.2) is 4.98 Å². The number of hydrogen-bond acceptors (Lipinski definition) is 5. The van der Waals surface area contributed by atoms with Crippen LogP contribution in [0, 0.1) is 0 Å². The molecule has 0 bridgehead atoms. The van der Waals surface area contributed by atoms with E-state index in [0.717, 1.165) is 40.5 Å². The fraction of sp³-hybridized carbons (Fsp3) is 0.200. The summed E-state index contributed by atoms with van der Waals surface area (Å²) >= 11 is 7.71. The van der Waals surface area contributed by atoms with Crippen molar-refractivity contribution in [3.05, 3.63) is 70.1 Å². The standard InChI is InChI=1S/C20H20ClN3OS/c1-2-11-25-13-16-8-4-3-7-15(16)12-22-24-20-23-19(14-26-20)17-9-5-6-10-18(17)21/h3-10,12,14H,2,11,13H2,1H3,(H,23,24)/b22-12+. The van der Waals surface area contributed by atoms with Gasteiger partial charge in [0.1, 0.15) is 0 Å². The lowest BCUT2D eigenvalue weighted by molar-refractivity contribution is 0.121. The van der Waals surface area contributed by atoms with Gasteiger partial charge in [0.15, 0.2) is 0 Å². The second kappa shape index (κ2) is 9.48. The highest BCUT2D eigenvalue weighted by atomic mass is 35.5. The number of anilines is 1. The number of benzene rings is 2. The maximum atomic E-state index is 6.22. The zero-order valence-corrected chi connectivity index (χ0v) is 16.1. The van der Waals surface area contributed by atoms with Gasteiger partial charge in [-0.2, -0.15) is 5.10 Å². The molecule has 0 fully saturated rings. The van der Waals surface area contributed by atoms with Crippen LogP contribution in [-0.4, -0.2) is 17.8 Å². The quantitative estimate of drug-likeness (QED) is 0.301. The summed E-state index contributed by atoms with van der Waals surface area (Å²) in [7, 11) is 0. The number of nitrogens with zero attached hydrogens (tertiary/aromatic N) is 2. The Labute approximate surface area is 162 Å². The zero-order valence-electron chi connectivity index (χ0n) is 14.5. The lowest BCUT2D eigenvalue weighted by Crippen LogP contribution is -1.99. The van der Waals surface area contributed by atoms with Crippen LogP contribution in [0.25, 0.3) is 11.3 Å². The number of ether oxygens (including phenoxy) is 1. The molecule has 0 aliphatic heterocycles. The molecule has 0 saturated heterocycles. The second-order valence-corrected chi connectivity index (χ2v) is 6.90. The largest absolute Gasteiger partial charge is 0.377 e. The first-order valence-electron chi connectivity index (χ1n) is 8.43.